The number of hydrogen-bond donors (Lipinski definition) is 1. The molecule has 1 aromatic rings. The lowest BCUT2D eigenvalue weighted by Crippen LogP contribution is -2.31. The molecule has 0 saturated heterocycles. The third kappa shape index (κ3) is 3.30. The number of carbonyl (C=O) groups is 1. The van der Waals surface area contributed by atoms with Crippen LogP contribution in [0.1, 0.15) is 5.56 Å². The zero-order valence-electron chi connectivity index (χ0n) is 8.56. The summed E-state index contributed by atoms with van der Waals surface area (Å²) in [6, 6.07) is 9.13. The minimum absolute atomic E-state index is 0.310. The summed E-state index contributed by atoms with van der Waals surface area (Å²) in [5.74, 6) is 0.310. The Morgan fingerprint density at radius 2 is 1.93 bits per heavy atom. The molecule has 1 aromatic carbocycles. The molecular weight excluding hydrogens is 196 g/mol. The highest BCUT2D eigenvalue weighted by molar-refractivity contribution is 6.06. The Kier molecular flexibility index (Phi) is 4.15. The van der Waals surface area contributed by atoms with Gasteiger partial charge in [-0.05, 0) is 0 Å². The monoisotopic (exact) mass is 208 g/mol. The fourth-order valence-corrected chi connectivity index (χ4v) is 0.983. The maximum absolute atomic E-state index is 11.0. The zero-order valence-corrected chi connectivity index (χ0v) is 8.56. The Labute approximate surface area is 87.7 Å². The van der Waals surface area contributed by atoms with E-state index in [1.165, 1.54) is 14.2 Å². The van der Waals surface area contributed by atoms with E-state index in [-0.39, 0.29) is 0 Å². The van der Waals surface area contributed by atoms with E-state index in [1.54, 1.807) is 12.1 Å². The Balaban J connectivity index is 2.85. The van der Waals surface area contributed by atoms with E-state index in [1.807, 2.05) is 18.2 Å². The van der Waals surface area contributed by atoms with E-state index in [0.29, 0.717) is 5.84 Å². The molecule has 0 bridgehead atoms. The summed E-state index contributed by atoms with van der Waals surface area (Å²) in [5, 5.41) is 6.13. The van der Waals surface area contributed by atoms with Gasteiger partial charge < -0.3 is 9.57 Å². The van der Waals surface area contributed by atoms with Crippen LogP contribution in [0, 0.1) is 0 Å². The molecule has 0 aliphatic rings. The van der Waals surface area contributed by atoms with Crippen molar-refractivity contribution in [1.29, 1.82) is 0 Å². The highest BCUT2D eigenvalue weighted by atomic mass is 16.6. The van der Waals surface area contributed by atoms with Gasteiger partial charge in [-0.2, -0.15) is 0 Å². The van der Waals surface area contributed by atoms with Crippen molar-refractivity contribution in [1.82, 2.24) is 5.32 Å². The Hall–Kier alpha value is -2.04. The van der Waals surface area contributed by atoms with E-state index < -0.39 is 6.09 Å². The first-order chi connectivity index (χ1) is 7.27. The molecule has 1 amide bonds. The van der Waals surface area contributed by atoms with Crippen LogP contribution in [-0.4, -0.2) is 26.1 Å². The molecule has 0 saturated carbocycles. The number of amides is 1. The van der Waals surface area contributed by atoms with E-state index in [4.69, 9.17) is 0 Å². The van der Waals surface area contributed by atoms with Gasteiger partial charge in [-0.1, -0.05) is 35.5 Å². The summed E-state index contributed by atoms with van der Waals surface area (Å²) in [5.41, 5.74) is 0.741. The molecule has 15 heavy (non-hydrogen) atoms. The molecule has 0 spiro atoms. The summed E-state index contributed by atoms with van der Waals surface area (Å²) in [7, 11) is 2.69. The SMILES string of the molecule is CO/N=C(/NC(=O)OC)c1ccccc1. The number of carbonyl (C=O) groups excluding carboxylic acids is 1. The molecule has 5 heteroatoms. The highest BCUT2D eigenvalue weighted by Gasteiger charge is 2.08. The van der Waals surface area contributed by atoms with Crippen LogP contribution in [0.3, 0.4) is 0 Å². The molecule has 0 radical (unpaired) electrons. The van der Waals surface area contributed by atoms with E-state index >= 15 is 0 Å². The fraction of sp³-hybridized carbons (Fsp3) is 0.200. The van der Waals surface area contributed by atoms with Crippen molar-refractivity contribution < 1.29 is 14.4 Å². The lowest BCUT2D eigenvalue weighted by atomic mass is 10.2. The molecule has 5 nitrogen and oxygen atoms in total. The Morgan fingerprint density at radius 1 is 1.27 bits per heavy atom. The van der Waals surface area contributed by atoms with Crippen LogP contribution in [0.2, 0.25) is 0 Å². The average Bonchev–Trinajstić information content (AvgIpc) is 2.29. The third-order valence-electron chi connectivity index (χ3n) is 1.64. The average molecular weight is 208 g/mol. The van der Waals surface area contributed by atoms with Gasteiger partial charge in [0.05, 0.1) is 7.11 Å². The molecule has 0 aliphatic heterocycles. The van der Waals surface area contributed by atoms with Crippen molar-refractivity contribution in [2.45, 2.75) is 0 Å². The van der Waals surface area contributed by atoms with E-state index in [9.17, 15) is 4.79 Å². The standard InChI is InChI=1S/C10H12N2O3/c1-14-10(13)11-9(12-15-2)8-6-4-3-5-7-8/h3-7H,1-2H3,(H,11,12,13). The van der Waals surface area contributed by atoms with Crippen LogP contribution in [0.5, 0.6) is 0 Å². The summed E-state index contributed by atoms with van der Waals surface area (Å²) < 4.78 is 4.46. The maximum atomic E-state index is 11.0. The number of methoxy groups -OCH3 is 1. The van der Waals surface area contributed by atoms with Crippen molar-refractivity contribution in [2.75, 3.05) is 14.2 Å². The zero-order chi connectivity index (χ0) is 11.1. The second-order valence-corrected chi connectivity index (χ2v) is 2.61. The van der Waals surface area contributed by atoms with Crippen molar-refractivity contribution in [3.8, 4) is 0 Å². The first-order valence-corrected chi connectivity index (χ1v) is 4.29. The molecule has 0 aliphatic carbocycles. The van der Waals surface area contributed by atoms with Gasteiger partial charge in [0.15, 0.2) is 5.84 Å². The van der Waals surface area contributed by atoms with Gasteiger partial charge in [0.25, 0.3) is 0 Å². The minimum atomic E-state index is -0.588. The molecule has 80 valence electrons. The Morgan fingerprint density at radius 3 is 2.47 bits per heavy atom. The summed E-state index contributed by atoms with van der Waals surface area (Å²) in [4.78, 5) is 15.6. The van der Waals surface area contributed by atoms with Gasteiger partial charge in [0, 0.05) is 5.56 Å². The van der Waals surface area contributed by atoms with E-state index in [2.05, 4.69) is 20.0 Å². The predicted molar refractivity (Wildman–Crippen MR) is 55.5 cm³/mol. The van der Waals surface area contributed by atoms with Crippen molar-refractivity contribution >= 4 is 11.9 Å². The molecule has 0 unspecified atom stereocenters. The molecule has 0 aromatic heterocycles. The van der Waals surface area contributed by atoms with Crippen LogP contribution in [-0.2, 0) is 9.57 Å². The molecule has 0 fully saturated rings. The Bertz CT molecular complexity index is 349. The van der Waals surface area contributed by atoms with Crippen molar-refractivity contribution in [3.05, 3.63) is 35.9 Å². The molecule has 0 heterocycles. The van der Waals surface area contributed by atoms with Gasteiger partial charge in [-0.3, -0.25) is 5.32 Å². The van der Waals surface area contributed by atoms with E-state index in [0.717, 1.165) is 5.56 Å². The van der Waals surface area contributed by atoms with Crippen LogP contribution in [0.25, 0.3) is 0 Å². The number of nitrogens with one attached hydrogen (secondary N) is 1. The van der Waals surface area contributed by atoms with Crippen LogP contribution in [0.15, 0.2) is 35.5 Å². The lowest BCUT2D eigenvalue weighted by molar-refractivity contribution is 0.175. The highest BCUT2D eigenvalue weighted by Crippen LogP contribution is 1.99. The van der Waals surface area contributed by atoms with Gasteiger partial charge in [-0.15, -0.1) is 0 Å². The number of nitrogens with zero attached hydrogens (tertiary/aromatic N) is 1. The van der Waals surface area contributed by atoms with Gasteiger partial charge >= 0.3 is 6.09 Å². The quantitative estimate of drug-likeness (QED) is 0.453. The van der Waals surface area contributed by atoms with Gasteiger partial charge in [-0.25, -0.2) is 4.79 Å². The summed E-state index contributed by atoms with van der Waals surface area (Å²) in [6.07, 6.45) is -0.588. The molecular formula is C10H12N2O3. The number of alkyl carbamates (subject to hydrolysis) is 1. The maximum Gasteiger partial charge on any atom is 0.412 e. The topological polar surface area (TPSA) is 59.9 Å². The molecule has 1 N–H and O–H groups in total. The number of amidine groups is 1. The molecule has 1 rings (SSSR count). The van der Waals surface area contributed by atoms with Crippen LogP contribution in [0.4, 0.5) is 4.79 Å². The first kappa shape index (κ1) is 11.0. The first-order valence-electron chi connectivity index (χ1n) is 4.29. The fourth-order valence-electron chi connectivity index (χ4n) is 0.983. The number of benzene rings is 1. The number of hydrogen-bond acceptors (Lipinski definition) is 4. The second kappa shape index (κ2) is 5.64. The van der Waals surface area contributed by atoms with Crippen LogP contribution < -0.4 is 5.32 Å². The lowest BCUT2D eigenvalue weighted by Gasteiger charge is -2.06. The largest absolute Gasteiger partial charge is 0.453 e. The van der Waals surface area contributed by atoms with Gasteiger partial charge in [0.2, 0.25) is 0 Å². The predicted octanol–water partition coefficient (Wildman–Crippen LogP) is 1.35. The van der Waals surface area contributed by atoms with Crippen LogP contribution >= 0.6 is 0 Å². The number of ether oxygens (including phenoxy) is 1. The third-order valence-corrected chi connectivity index (χ3v) is 1.64. The smallest absolute Gasteiger partial charge is 0.412 e. The summed E-state index contributed by atoms with van der Waals surface area (Å²) in [6.45, 7) is 0. The normalized spacial score (nSPS) is 10.7. The van der Waals surface area contributed by atoms with Crippen molar-refractivity contribution in [2.24, 2.45) is 5.16 Å². The van der Waals surface area contributed by atoms with Crippen molar-refractivity contribution in [3.63, 3.8) is 0 Å². The number of rotatable bonds is 2. The minimum Gasteiger partial charge on any atom is -0.453 e. The van der Waals surface area contributed by atoms with Gasteiger partial charge in [0.1, 0.15) is 7.11 Å². The molecule has 0 atom stereocenters. The second-order valence-electron chi connectivity index (χ2n) is 2.61. The summed E-state index contributed by atoms with van der Waals surface area (Å²) >= 11 is 0. The number of oxime groups is 1.